The number of carbonyl (C=O) groups is 2. The van der Waals surface area contributed by atoms with Crippen LogP contribution in [-0.4, -0.2) is 37.8 Å². The molecule has 8 nitrogen and oxygen atoms in total. The third kappa shape index (κ3) is 7.36. The number of aryl methyl sites for hydroxylation is 1. The summed E-state index contributed by atoms with van der Waals surface area (Å²) in [6, 6.07) is 9.80. The molecule has 1 aliphatic rings. The Morgan fingerprint density at radius 3 is 2.42 bits per heavy atom. The van der Waals surface area contributed by atoms with Crippen molar-refractivity contribution in [3.63, 3.8) is 0 Å². The monoisotopic (exact) mass is 472 g/mol. The molecule has 178 valence electrons. The number of hydrogen-bond donors (Lipinski definition) is 3. The molecular formula is C24H32N4O4S. The van der Waals surface area contributed by atoms with Crippen LogP contribution in [-0.2, 0) is 26.2 Å². The third-order valence-electron chi connectivity index (χ3n) is 6.05. The van der Waals surface area contributed by atoms with Gasteiger partial charge in [-0.15, -0.1) is 0 Å². The second kappa shape index (κ2) is 11.4. The number of hydrogen-bond acceptors (Lipinski definition) is 5. The van der Waals surface area contributed by atoms with Gasteiger partial charge in [-0.3, -0.25) is 14.6 Å². The molecule has 3 rings (SSSR count). The predicted molar refractivity (Wildman–Crippen MR) is 126 cm³/mol. The normalized spacial score (nSPS) is 19.5. The Morgan fingerprint density at radius 2 is 1.79 bits per heavy atom. The summed E-state index contributed by atoms with van der Waals surface area (Å²) < 4.78 is 27.6. The summed E-state index contributed by atoms with van der Waals surface area (Å²) in [7, 11) is -3.53. The van der Waals surface area contributed by atoms with Crippen molar-refractivity contribution in [3.8, 4) is 0 Å². The van der Waals surface area contributed by atoms with Gasteiger partial charge in [0.15, 0.2) is 0 Å². The molecule has 1 aromatic heterocycles. The summed E-state index contributed by atoms with van der Waals surface area (Å²) in [5, 5.41) is 5.61. The van der Waals surface area contributed by atoms with E-state index in [4.69, 9.17) is 0 Å². The Kier molecular flexibility index (Phi) is 8.57. The summed E-state index contributed by atoms with van der Waals surface area (Å²) in [4.78, 5) is 29.2. The molecule has 1 atom stereocenters. The van der Waals surface area contributed by atoms with Crippen LogP contribution in [0.5, 0.6) is 0 Å². The molecule has 1 saturated carbocycles. The standard InChI is InChI=1S/C24H32N4O4S/c1-17-5-11-22(12-6-17)33(31,32)27-16-19-7-9-21(10-8-19)24(30)28-18(2)23(29)26-15-20-4-3-13-25-14-20/h3-6,11-14,18-19,21,27H,7-10,15-16H2,1-2H3,(H,26,29)(H,28,30)/t18-,19?,21?/m0/s1. The molecule has 0 saturated heterocycles. The topological polar surface area (TPSA) is 117 Å². The van der Waals surface area contributed by atoms with Crippen molar-refractivity contribution in [1.82, 2.24) is 20.3 Å². The van der Waals surface area contributed by atoms with Gasteiger partial charge in [0.05, 0.1) is 4.90 Å². The number of nitrogens with zero attached hydrogens (tertiary/aromatic N) is 1. The third-order valence-corrected chi connectivity index (χ3v) is 7.49. The van der Waals surface area contributed by atoms with Gasteiger partial charge in [-0.25, -0.2) is 13.1 Å². The molecule has 9 heteroatoms. The van der Waals surface area contributed by atoms with Gasteiger partial charge < -0.3 is 10.6 Å². The van der Waals surface area contributed by atoms with Crippen LogP contribution in [0.25, 0.3) is 0 Å². The number of amides is 2. The molecule has 2 aromatic rings. The van der Waals surface area contributed by atoms with Crippen LogP contribution in [0.15, 0.2) is 53.7 Å². The van der Waals surface area contributed by atoms with Gasteiger partial charge in [0.2, 0.25) is 21.8 Å². The van der Waals surface area contributed by atoms with Crippen LogP contribution in [0.1, 0.15) is 43.7 Å². The molecule has 3 N–H and O–H groups in total. The van der Waals surface area contributed by atoms with E-state index in [2.05, 4.69) is 20.3 Å². The van der Waals surface area contributed by atoms with Crippen molar-refractivity contribution in [2.24, 2.45) is 11.8 Å². The van der Waals surface area contributed by atoms with Gasteiger partial charge >= 0.3 is 0 Å². The molecule has 2 amide bonds. The highest BCUT2D eigenvalue weighted by Crippen LogP contribution is 2.29. The van der Waals surface area contributed by atoms with Crippen molar-refractivity contribution < 1.29 is 18.0 Å². The lowest BCUT2D eigenvalue weighted by Crippen LogP contribution is -2.47. The maximum atomic E-state index is 12.6. The van der Waals surface area contributed by atoms with E-state index in [1.165, 1.54) is 0 Å². The van der Waals surface area contributed by atoms with Crippen molar-refractivity contribution >= 4 is 21.8 Å². The maximum Gasteiger partial charge on any atom is 0.242 e. The van der Waals surface area contributed by atoms with Crippen molar-refractivity contribution in [3.05, 3.63) is 59.9 Å². The molecule has 0 radical (unpaired) electrons. The number of nitrogens with one attached hydrogen (secondary N) is 3. The fraction of sp³-hybridized carbons (Fsp3) is 0.458. The molecule has 33 heavy (non-hydrogen) atoms. The first-order valence-corrected chi connectivity index (χ1v) is 12.8. The number of aromatic nitrogens is 1. The van der Waals surface area contributed by atoms with Gasteiger partial charge in [-0.1, -0.05) is 23.8 Å². The highest BCUT2D eigenvalue weighted by molar-refractivity contribution is 7.89. The van der Waals surface area contributed by atoms with E-state index in [-0.39, 0.29) is 28.5 Å². The average Bonchev–Trinajstić information content (AvgIpc) is 2.82. The molecule has 1 heterocycles. The summed E-state index contributed by atoms with van der Waals surface area (Å²) in [6.07, 6.45) is 6.22. The molecule has 1 fully saturated rings. The molecule has 1 aliphatic carbocycles. The van der Waals surface area contributed by atoms with Crippen LogP contribution in [0.3, 0.4) is 0 Å². The largest absolute Gasteiger partial charge is 0.350 e. The Morgan fingerprint density at radius 1 is 1.09 bits per heavy atom. The number of benzene rings is 1. The zero-order valence-electron chi connectivity index (χ0n) is 19.1. The second-order valence-corrected chi connectivity index (χ2v) is 10.5. The second-order valence-electron chi connectivity index (χ2n) is 8.69. The molecule has 0 bridgehead atoms. The fourth-order valence-electron chi connectivity index (χ4n) is 3.90. The summed E-state index contributed by atoms with van der Waals surface area (Å²) in [6.45, 7) is 4.30. The molecular weight excluding hydrogens is 440 g/mol. The lowest BCUT2D eigenvalue weighted by Gasteiger charge is -2.28. The van der Waals surface area contributed by atoms with Gasteiger partial charge in [-0.05, 0) is 69.2 Å². The molecule has 0 spiro atoms. The summed E-state index contributed by atoms with van der Waals surface area (Å²) in [5.74, 6) is -0.345. The molecule has 0 unspecified atom stereocenters. The number of carbonyl (C=O) groups excluding carboxylic acids is 2. The Bertz CT molecular complexity index is 1030. The highest BCUT2D eigenvalue weighted by Gasteiger charge is 2.29. The highest BCUT2D eigenvalue weighted by atomic mass is 32.2. The fourth-order valence-corrected chi connectivity index (χ4v) is 5.01. The first kappa shape index (κ1) is 24.9. The van der Waals surface area contributed by atoms with Crippen LogP contribution in [0, 0.1) is 18.8 Å². The van der Waals surface area contributed by atoms with Gasteiger partial charge in [0.1, 0.15) is 6.04 Å². The Hall–Kier alpha value is -2.78. The Balaban J connectivity index is 1.39. The molecule has 1 aromatic carbocycles. The minimum atomic E-state index is -3.53. The first-order valence-electron chi connectivity index (χ1n) is 11.3. The van der Waals surface area contributed by atoms with Crippen molar-refractivity contribution in [2.75, 3.05) is 6.54 Å². The van der Waals surface area contributed by atoms with E-state index in [0.717, 1.165) is 24.0 Å². The number of pyridine rings is 1. The minimum absolute atomic E-state index is 0.127. The van der Waals surface area contributed by atoms with Crippen LogP contribution in [0.2, 0.25) is 0 Å². The SMILES string of the molecule is Cc1ccc(S(=O)(=O)NCC2CCC(C(=O)N[C@@H](C)C(=O)NCc3cccnc3)CC2)cc1. The van der Waals surface area contributed by atoms with Gasteiger partial charge in [0, 0.05) is 31.4 Å². The van der Waals surface area contributed by atoms with E-state index < -0.39 is 16.1 Å². The maximum absolute atomic E-state index is 12.6. The van der Waals surface area contributed by atoms with Crippen molar-refractivity contribution in [1.29, 1.82) is 0 Å². The van der Waals surface area contributed by atoms with E-state index in [1.54, 1.807) is 49.6 Å². The smallest absolute Gasteiger partial charge is 0.242 e. The zero-order valence-corrected chi connectivity index (χ0v) is 19.9. The lowest BCUT2D eigenvalue weighted by atomic mass is 9.81. The first-order chi connectivity index (χ1) is 15.7. The predicted octanol–water partition coefficient (Wildman–Crippen LogP) is 2.30. The van der Waals surface area contributed by atoms with E-state index >= 15 is 0 Å². The van der Waals surface area contributed by atoms with Crippen LogP contribution in [0.4, 0.5) is 0 Å². The average molecular weight is 473 g/mol. The van der Waals surface area contributed by atoms with Crippen LogP contribution < -0.4 is 15.4 Å². The van der Waals surface area contributed by atoms with Crippen LogP contribution >= 0.6 is 0 Å². The minimum Gasteiger partial charge on any atom is -0.350 e. The van der Waals surface area contributed by atoms with Gasteiger partial charge in [-0.2, -0.15) is 0 Å². The van der Waals surface area contributed by atoms with E-state index in [9.17, 15) is 18.0 Å². The Labute approximate surface area is 195 Å². The summed E-state index contributed by atoms with van der Waals surface area (Å²) >= 11 is 0. The summed E-state index contributed by atoms with van der Waals surface area (Å²) in [5.41, 5.74) is 1.89. The number of sulfonamides is 1. The van der Waals surface area contributed by atoms with Crippen molar-refractivity contribution in [2.45, 2.75) is 57.0 Å². The molecule has 0 aliphatic heterocycles. The number of rotatable bonds is 9. The quantitative estimate of drug-likeness (QED) is 0.518. The lowest BCUT2D eigenvalue weighted by molar-refractivity contribution is -0.131. The van der Waals surface area contributed by atoms with Gasteiger partial charge in [0.25, 0.3) is 0 Å². The van der Waals surface area contributed by atoms with E-state index in [0.29, 0.717) is 25.9 Å². The van der Waals surface area contributed by atoms with E-state index in [1.807, 2.05) is 13.0 Å². The zero-order chi connectivity index (χ0) is 23.8.